The first-order chi connectivity index (χ1) is 14.7. The number of hydrogen-bond donors (Lipinski definition) is 0. The number of aromatic nitrogens is 2. The van der Waals surface area contributed by atoms with Crippen molar-refractivity contribution in [1.82, 2.24) is 15.1 Å². The topological polar surface area (TPSA) is 98.0 Å². The van der Waals surface area contributed by atoms with Gasteiger partial charge >= 0.3 is 5.63 Å². The molecule has 0 bridgehead atoms. The molecule has 0 radical (unpaired) electrons. The largest absolute Gasteiger partial charge is 0.454 e. The van der Waals surface area contributed by atoms with Crippen LogP contribution in [0.2, 0.25) is 0 Å². The highest BCUT2D eigenvalue weighted by atomic mass is 16.7. The summed E-state index contributed by atoms with van der Waals surface area (Å²) in [6.07, 6.45) is 1.21. The van der Waals surface area contributed by atoms with E-state index in [-0.39, 0.29) is 12.7 Å². The number of carbonyl (C=O) groups is 1. The summed E-state index contributed by atoms with van der Waals surface area (Å²) >= 11 is 0. The van der Waals surface area contributed by atoms with Crippen LogP contribution in [-0.4, -0.2) is 54.0 Å². The highest BCUT2D eigenvalue weighted by Crippen LogP contribution is 2.35. The van der Waals surface area contributed by atoms with Gasteiger partial charge in [-0.05, 0) is 36.4 Å². The molecule has 0 saturated carbocycles. The molecule has 1 aromatic carbocycles. The van der Waals surface area contributed by atoms with Crippen LogP contribution in [-0.2, 0) is 0 Å². The fourth-order valence-electron chi connectivity index (χ4n) is 3.50. The van der Waals surface area contributed by atoms with E-state index in [0.717, 1.165) is 22.8 Å². The van der Waals surface area contributed by atoms with Crippen LogP contribution >= 0.6 is 0 Å². The van der Waals surface area contributed by atoms with Crippen molar-refractivity contribution >= 4 is 11.7 Å². The van der Waals surface area contributed by atoms with Crippen molar-refractivity contribution in [2.45, 2.75) is 0 Å². The van der Waals surface area contributed by atoms with Gasteiger partial charge in [0, 0.05) is 37.8 Å². The van der Waals surface area contributed by atoms with E-state index in [0.29, 0.717) is 37.5 Å². The van der Waals surface area contributed by atoms with E-state index in [9.17, 15) is 9.59 Å². The monoisotopic (exact) mass is 406 g/mol. The Morgan fingerprint density at radius 2 is 1.73 bits per heavy atom. The Hall–Kier alpha value is -3.88. The number of rotatable bonds is 3. The fraction of sp³-hybridized carbons (Fsp3) is 0.238. The SMILES string of the molecule is O=C(c1ccc(=O)oc1)N1CCN(c2ccc(-c3ccc4c(c3)OCO4)nn2)CC1. The number of piperazine rings is 1. The molecular formula is C21H18N4O5. The van der Waals surface area contributed by atoms with Crippen molar-refractivity contribution in [3.63, 3.8) is 0 Å². The first kappa shape index (κ1) is 18.2. The van der Waals surface area contributed by atoms with Gasteiger partial charge < -0.3 is 23.7 Å². The molecule has 0 unspecified atom stereocenters. The average molecular weight is 406 g/mol. The quantitative estimate of drug-likeness (QED) is 0.649. The van der Waals surface area contributed by atoms with Crippen molar-refractivity contribution < 1.29 is 18.7 Å². The van der Waals surface area contributed by atoms with E-state index in [1.165, 1.54) is 18.4 Å². The lowest BCUT2D eigenvalue weighted by Gasteiger charge is -2.35. The van der Waals surface area contributed by atoms with Gasteiger partial charge in [-0.3, -0.25) is 4.79 Å². The predicted octanol–water partition coefficient (Wildman–Crippen LogP) is 1.79. The number of amides is 1. The summed E-state index contributed by atoms with van der Waals surface area (Å²) in [5.41, 5.74) is 1.55. The smallest absolute Gasteiger partial charge is 0.335 e. The van der Waals surface area contributed by atoms with Gasteiger partial charge in [0.05, 0.1) is 11.3 Å². The maximum Gasteiger partial charge on any atom is 0.335 e. The third-order valence-corrected chi connectivity index (χ3v) is 5.16. The minimum absolute atomic E-state index is 0.150. The molecule has 152 valence electrons. The molecule has 4 heterocycles. The summed E-state index contributed by atoms with van der Waals surface area (Å²) in [7, 11) is 0. The minimum Gasteiger partial charge on any atom is -0.454 e. The second-order valence-corrected chi connectivity index (χ2v) is 6.97. The zero-order chi connectivity index (χ0) is 20.5. The zero-order valence-corrected chi connectivity index (χ0v) is 16.0. The molecule has 9 heteroatoms. The third-order valence-electron chi connectivity index (χ3n) is 5.16. The second-order valence-electron chi connectivity index (χ2n) is 6.97. The highest BCUT2D eigenvalue weighted by molar-refractivity contribution is 5.93. The van der Waals surface area contributed by atoms with Crippen LogP contribution in [0.1, 0.15) is 10.4 Å². The molecule has 3 aromatic rings. The molecule has 0 spiro atoms. The predicted molar refractivity (Wildman–Crippen MR) is 107 cm³/mol. The highest BCUT2D eigenvalue weighted by Gasteiger charge is 2.23. The van der Waals surface area contributed by atoms with E-state index in [2.05, 4.69) is 15.1 Å². The molecular weight excluding hydrogens is 388 g/mol. The van der Waals surface area contributed by atoms with Crippen molar-refractivity contribution in [3.05, 3.63) is 64.7 Å². The summed E-state index contributed by atoms with van der Waals surface area (Å²) < 4.78 is 15.5. The van der Waals surface area contributed by atoms with Crippen LogP contribution in [0.3, 0.4) is 0 Å². The van der Waals surface area contributed by atoms with Crippen LogP contribution in [0.15, 0.2) is 57.9 Å². The van der Waals surface area contributed by atoms with Crippen LogP contribution in [0.4, 0.5) is 5.82 Å². The fourth-order valence-corrected chi connectivity index (χ4v) is 3.50. The van der Waals surface area contributed by atoms with E-state index >= 15 is 0 Å². The first-order valence-corrected chi connectivity index (χ1v) is 9.54. The van der Waals surface area contributed by atoms with Crippen LogP contribution < -0.4 is 20.0 Å². The molecule has 30 heavy (non-hydrogen) atoms. The van der Waals surface area contributed by atoms with Crippen LogP contribution in [0.25, 0.3) is 11.3 Å². The molecule has 0 atom stereocenters. The Labute approximate surface area is 171 Å². The molecule has 1 saturated heterocycles. The van der Waals surface area contributed by atoms with Crippen molar-refractivity contribution in [1.29, 1.82) is 0 Å². The second kappa shape index (κ2) is 7.51. The molecule has 2 aliphatic heterocycles. The molecule has 2 aromatic heterocycles. The summed E-state index contributed by atoms with van der Waals surface area (Å²) in [6, 6.07) is 12.3. The van der Waals surface area contributed by atoms with Gasteiger partial charge in [0.2, 0.25) is 6.79 Å². The molecule has 2 aliphatic rings. The molecule has 1 fully saturated rings. The Kier molecular flexibility index (Phi) is 4.55. The Bertz CT molecular complexity index is 1120. The van der Waals surface area contributed by atoms with Gasteiger partial charge in [-0.15, -0.1) is 10.2 Å². The third kappa shape index (κ3) is 3.45. The summed E-state index contributed by atoms with van der Waals surface area (Å²) in [5.74, 6) is 2.05. The number of fused-ring (bicyclic) bond motifs is 1. The van der Waals surface area contributed by atoms with Crippen LogP contribution in [0, 0.1) is 0 Å². The van der Waals surface area contributed by atoms with Crippen molar-refractivity contribution in [2.75, 3.05) is 37.9 Å². The minimum atomic E-state index is -0.473. The zero-order valence-electron chi connectivity index (χ0n) is 16.0. The molecule has 0 aliphatic carbocycles. The Morgan fingerprint density at radius 1 is 0.900 bits per heavy atom. The summed E-state index contributed by atoms with van der Waals surface area (Å²) in [6.45, 7) is 2.60. The lowest BCUT2D eigenvalue weighted by molar-refractivity contribution is 0.0743. The Morgan fingerprint density at radius 3 is 2.47 bits per heavy atom. The average Bonchev–Trinajstić information content (AvgIpc) is 3.27. The maximum absolute atomic E-state index is 12.5. The van der Waals surface area contributed by atoms with Crippen molar-refractivity contribution in [2.24, 2.45) is 0 Å². The number of carbonyl (C=O) groups excluding carboxylic acids is 1. The lowest BCUT2D eigenvalue weighted by atomic mass is 10.1. The number of anilines is 1. The first-order valence-electron chi connectivity index (χ1n) is 9.54. The number of hydrogen-bond acceptors (Lipinski definition) is 8. The normalized spacial score (nSPS) is 15.3. The molecule has 1 amide bonds. The Balaban J connectivity index is 1.24. The maximum atomic E-state index is 12.5. The van der Waals surface area contributed by atoms with Crippen LogP contribution in [0.5, 0.6) is 11.5 Å². The van der Waals surface area contributed by atoms with Crippen molar-refractivity contribution in [3.8, 4) is 22.8 Å². The molecule has 0 N–H and O–H groups in total. The van der Waals surface area contributed by atoms with E-state index in [1.807, 2.05) is 30.3 Å². The summed E-state index contributed by atoms with van der Waals surface area (Å²) in [4.78, 5) is 27.4. The van der Waals surface area contributed by atoms with Gasteiger partial charge in [-0.1, -0.05) is 0 Å². The standard InChI is InChI=1S/C21H18N4O5/c26-20-6-2-15(12-28-20)21(27)25-9-7-24(8-10-25)19-5-3-16(22-23-19)14-1-4-17-18(11-14)30-13-29-17/h1-6,11-12H,7-10,13H2. The number of ether oxygens (including phenoxy) is 2. The van der Waals surface area contributed by atoms with E-state index < -0.39 is 5.63 Å². The molecule has 5 rings (SSSR count). The lowest BCUT2D eigenvalue weighted by Crippen LogP contribution is -2.49. The molecule has 9 nitrogen and oxygen atoms in total. The number of nitrogens with zero attached hydrogens (tertiary/aromatic N) is 4. The summed E-state index contributed by atoms with van der Waals surface area (Å²) in [5, 5.41) is 8.71. The van der Waals surface area contributed by atoms with Gasteiger partial charge in [-0.25, -0.2) is 4.79 Å². The van der Waals surface area contributed by atoms with Gasteiger partial charge in [0.15, 0.2) is 17.3 Å². The van der Waals surface area contributed by atoms with Gasteiger partial charge in [0.1, 0.15) is 6.26 Å². The van der Waals surface area contributed by atoms with Gasteiger partial charge in [0.25, 0.3) is 5.91 Å². The van der Waals surface area contributed by atoms with E-state index in [4.69, 9.17) is 13.9 Å². The number of benzene rings is 1. The van der Waals surface area contributed by atoms with Gasteiger partial charge in [-0.2, -0.15) is 0 Å². The van der Waals surface area contributed by atoms with E-state index in [1.54, 1.807) is 4.90 Å².